The molecule has 0 atom stereocenters. The molecule has 6 heteroatoms. The van der Waals surface area contributed by atoms with Gasteiger partial charge in [-0.1, -0.05) is 0 Å². The summed E-state index contributed by atoms with van der Waals surface area (Å²) in [5, 5.41) is 7.66. The van der Waals surface area contributed by atoms with E-state index in [0.29, 0.717) is 18.0 Å². The quantitative estimate of drug-likeness (QED) is 0.925. The number of rotatable bonds is 4. The van der Waals surface area contributed by atoms with Gasteiger partial charge in [-0.05, 0) is 24.6 Å². The maximum absolute atomic E-state index is 5.42. The Morgan fingerprint density at radius 2 is 2.25 bits per heavy atom. The maximum Gasteiger partial charge on any atom is 0.231 e. The molecule has 3 rings (SSSR count). The minimum absolute atomic E-state index is 0.240. The molecule has 1 aliphatic rings. The van der Waals surface area contributed by atoms with Crippen LogP contribution in [0.1, 0.15) is 11.3 Å². The third-order valence-corrected chi connectivity index (χ3v) is 3.21. The van der Waals surface area contributed by atoms with Crippen LogP contribution in [0.2, 0.25) is 0 Å². The van der Waals surface area contributed by atoms with Gasteiger partial charge in [-0.2, -0.15) is 5.10 Å². The van der Waals surface area contributed by atoms with Crippen molar-refractivity contribution in [3.05, 3.63) is 29.6 Å². The van der Waals surface area contributed by atoms with Gasteiger partial charge in [0.1, 0.15) is 0 Å². The van der Waals surface area contributed by atoms with E-state index < -0.39 is 0 Å². The molecule has 2 aromatic rings. The van der Waals surface area contributed by atoms with E-state index >= 15 is 0 Å². The van der Waals surface area contributed by atoms with Crippen LogP contribution in [-0.4, -0.2) is 23.7 Å². The molecule has 0 saturated heterocycles. The van der Waals surface area contributed by atoms with E-state index in [1.807, 2.05) is 32.3 Å². The number of benzene rings is 1. The summed E-state index contributed by atoms with van der Waals surface area (Å²) in [5.41, 5.74) is 3.05. The van der Waals surface area contributed by atoms with Crippen LogP contribution in [0.5, 0.6) is 17.2 Å². The Morgan fingerprint density at radius 1 is 1.40 bits per heavy atom. The smallest absolute Gasteiger partial charge is 0.231 e. The van der Waals surface area contributed by atoms with E-state index in [1.165, 1.54) is 0 Å². The Labute approximate surface area is 117 Å². The second-order valence-electron chi connectivity index (χ2n) is 4.69. The average molecular weight is 275 g/mol. The molecule has 0 spiro atoms. The first-order chi connectivity index (χ1) is 9.67. The monoisotopic (exact) mass is 275 g/mol. The first-order valence-corrected chi connectivity index (χ1v) is 6.38. The lowest BCUT2D eigenvalue weighted by molar-refractivity contribution is 0.171. The van der Waals surface area contributed by atoms with Gasteiger partial charge in [0.15, 0.2) is 11.5 Å². The molecule has 0 fully saturated rings. The Kier molecular flexibility index (Phi) is 3.14. The predicted molar refractivity (Wildman–Crippen MR) is 74.4 cm³/mol. The first kappa shape index (κ1) is 12.7. The van der Waals surface area contributed by atoms with Crippen molar-refractivity contribution in [2.75, 3.05) is 19.2 Å². The number of nitrogens with zero attached hydrogens (tertiary/aromatic N) is 2. The molecule has 1 aliphatic heterocycles. The Hall–Kier alpha value is -2.37. The van der Waals surface area contributed by atoms with Gasteiger partial charge in [0, 0.05) is 19.8 Å². The molecule has 2 heterocycles. The summed E-state index contributed by atoms with van der Waals surface area (Å²) in [5.74, 6) is 2.09. The minimum Gasteiger partial charge on any atom is -0.493 e. The van der Waals surface area contributed by atoms with E-state index in [0.717, 1.165) is 22.7 Å². The molecule has 0 saturated carbocycles. The highest BCUT2D eigenvalue weighted by molar-refractivity contribution is 5.56. The van der Waals surface area contributed by atoms with Crippen molar-refractivity contribution in [1.82, 2.24) is 9.78 Å². The van der Waals surface area contributed by atoms with E-state index in [2.05, 4.69) is 10.4 Å². The zero-order valence-corrected chi connectivity index (χ0v) is 11.8. The van der Waals surface area contributed by atoms with Crippen molar-refractivity contribution < 1.29 is 14.2 Å². The molecule has 0 unspecified atom stereocenters. The van der Waals surface area contributed by atoms with E-state index in [-0.39, 0.29) is 6.79 Å². The minimum atomic E-state index is 0.240. The van der Waals surface area contributed by atoms with Crippen molar-refractivity contribution in [3.8, 4) is 17.2 Å². The molecule has 106 valence electrons. The largest absolute Gasteiger partial charge is 0.493 e. The van der Waals surface area contributed by atoms with Gasteiger partial charge in [-0.15, -0.1) is 0 Å². The lowest BCUT2D eigenvalue weighted by atomic mass is 10.2. The lowest BCUT2D eigenvalue weighted by Crippen LogP contribution is -2.00. The molecule has 0 aliphatic carbocycles. The van der Waals surface area contributed by atoms with Gasteiger partial charge in [0.2, 0.25) is 12.5 Å². The van der Waals surface area contributed by atoms with Gasteiger partial charge >= 0.3 is 0 Å². The van der Waals surface area contributed by atoms with Crippen LogP contribution in [-0.2, 0) is 13.6 Å². The Bertz CT molecular complexity index is 637. The standard InChI is InChI=1S/C14H17N3O3/c1-9-11(7-17(2)16-9)15-6-10-4-12(18-3)14-13(5-10)19-8-20-14/h4-5,7,15H,6,8H2,1-3H3. The Balaban J connectivity index is 1.79. The van der Waals surface area contributed by atoms with Crippen molar-refractivity contribution in [2.45, 2.75) is 13.5 Å². The van der Waals surface area contributed by atoms with Crippen LogP contribution in [0.3, 0.4) is 0 Å². The predicted octanol–water partition coefficient (Wildman–Crippen LogP) is 2.08. The van der Waals surface area contributed by atoms with Crippen LogP contribution < -0.4 is 19.5 Å². The van der Waals surface area contributed by atoms with Crippen molar-refractivity contribution in [2.24, 2.45) is 7.05 Å². The van der Waals surface area contributed by atoms with E-state index in [1.54, 1.807) is 11.8 Å². The number of anilines is 1. The fourth-order valence-electron chi connectivity index (χ4n) is 2.26. The summed E-state index contributed by atoms with van der Waals surface area (Å²) < 4.78 is 17.9. The maximum atomic E-state index is 5.42. The molecular weight excluding hydrogens is 258 g/mol. The molecule has 6 nitrogen and oxygen atoms in total. The van der Waals surface area contributed by atoms with E-state index in [9.17, 15) is 0 Å². The lowest BCUT2D eigenvalue weighted by Gasteiger charge is -2.09. The summed E-state index contributed by atoms with van der Waals surface area (Å²) >= 11 is 0. The zero-order chi connectivity index (χ0) is 14.1. The van der Waals surface area contributed by atoms with Crippen molar-refractivity contribution in [3.63, 3.8) is 0 Å². The third kappa shape index (κ3) is 2.24. The first-order valence-electron chi connectivity index (χ1n) is 6.38. The molecular formula is C14H17N3O3. The number of hydrogen-bond acceptors (Lipinski definition) is 5. The van der Waals surface area contributed by atoms with Crippen LogP contribution in [0.4, 0.5) is 5.69 Å². The third-order valence-electron chi connectivity index (χ3n) is 3.21. The number of nitrogens with one attached hydrogen (secondary N) is 1. The number of aryl methyl sites for hydroxylation is 2. The highest BCUT2D eigenvalue weighted by atomic mass is 16.7. The van der Waals surface area contributed by atoms with E-state index in [4.69, 9.17) is 14.2 Å². The number of hydrogen-bond donors (Lipinski definition) is 1. The summed E-state index contributed by atoms with van der Waals surface area (Å²) in [6, 6.07) is 3.91. The fourth-order valence-corrected chi connectivity index (χ4v) is 2.26. The van der Waals surface area contributed by atoms with Gasteiger partial charge in [-0.3, -0.25) is 4.68 Å². The van der Waals surface area contributed by atoms with Crippen molar-refractivity contribution in [1.29, 1.82) is 0 Å². The highest BCUT2D eigenvalue weighted by Gasteiger charge is 2.20. The summed E-state index contributed by atoms with van der Waals surface area (Å²) in [6.45, 7) is 2.88. The normalized spacial score (nSPS) is 12.6. The SMILES string of the molecule is COc1cc(CNc2cn(C)nc2C)cc2c1OCO2. The van der Waals surface area contributed by atoms with Crippen LogP contribution in [0.15, 0.2) is 18.3 Å². The number of ether oxygens (including phenoxy) is 3. The highest BCUT2D eigenvalue weighted by Crippen LogP contribution is 2.41. The van der Waals surface area contributed by atoms with Crippen LogP contribution >= 0.6 is 0 Å². The van der Waals surface area contributed by atoms with Crippen LogP contribution in [0, 0.1) is 6.92 Å². The van der Waals surface area contributed by atoms with Crippen LogP contribution in [0.25, 0.3) is 0 Å². The van der Waals surface area contributed by atoms with Gasteiger partial charge in [-0.25, -0.2) is 0 Å². The molecule has 1 aromatic heterocycles. The summed E-state index contributed by atoms with van der Waals surface area (Å²) in [4.78, 5) is 0. The molecule has 1 N–H and O–H groups in total. The number of fused-ring (bicyclic) bond motifs is 1. The van der Waals surface area contributed by atoms with Gasteiger partial charge in [0.05, 0.1) is 18.5 Å². The summed E-state index contributed by atoms with van der Waals surface area (Å²) in [6.07, 6.45) is 1.96. The fraction of sp³-hybridized carbons (Fsp3) is 0.357. The summed E-state index contributed by atoms with van der Waals surface area (Å²) in [7, 11) is 3.53. The van der Waals surface area contributed by atoms with Gasteiger partial charge in [0.25, 0.3) is 0 Å². The zero-order valence-electron chi connectivity index (χ0n) is 11.8. The number of methoxy groups -OCH3 is 1. The molecule has 0 amide bonds. The molecule has 0 radical (unpaired) electrons. The van der Waals surface area contributed by atoms with Gasteiger partial charge < -0.3 is 19.5 Å². The molecule has 0 bridgehead atoms. The Morgan fingerprint density at radius 3 is 2.95 bits per heavy atom. The average Bonchev–Trinajstić information content (AvgIpc) is 3.01. The number of aromatic nitrogens is 2. The van der Waals surface area contributed by atoms with Crippen molar-refractivity contribution >= 4 is 5.69 Å². The molecule has 20 heavy (non-hydrogen) atoms. The second-order valence-corrected chi connectivity index (χ2v) is 4.69. The molecule has 1 aromatic carbocycles. The topological polar surface area (TPSA) is 57.5 Å². The second kappa shape index (κ2) is 4.96.